The van der Waals surface area contributed by atoms with Crippen LogP contribution >= 0.6 is 11.3 Å². The standard InChI is InChI=1S/C21H20N2O4S/c1-26-15-7-8-17(19(11-15)27-2)18(24)9-10-21(25)23-22-12-14-13-28-20-6-4-3-5-16(14)20/h3-8,11-13H,9-10H2,1-2H3,(H,23,25)/b22-12+. The van der Waals surface area contributed by atoms with Gasteiger partial charge < -0.3 is 9.47 Å². The number of rotatable bonds is 8. The first-order chi connectivity index (χ1) is 13.6. The smallest absolute Gasteiger partial charge is 0.240 e. The third kappa shape index (κ3) is 4.55. The van der Waals surface area contributed by atoms with Crippen LogP contribution < -0.4 is 14.9 Å². The predicted molar refractivity (Wildman–Crippen MR) is 111 cm³/mol. The first-order valence-corrected chi connectivity index (χ1v) is 9.53. The van der Waals surface area contributed by atoms with Crippen molar-refractivity contribution in [2.24, 2.45) is 5.10 Å². The molecule has 144 valence electrons. The summed E-state index contributed by atoms with van der Waals surface area (Å²) in [5.41, 5.74) is 3.84. The van der Waals surface area contributed by atoms with Crippen LogP contribution in [0, 0.1) is 0 Å². The van der Waals surface area contributed by atoms with Gasteiger partial charge in [0.2, 0.25) is 5.91 Å². The molecule has 0 aliphatic heterocycles. The number of hydrogen-bond donors (Lipinski definition) is 1. The number of hydrogen-bond acceptors (Lipinski definition) is 6. The van der Waals surface area contributed by atoms with Crippen LogP contribution in [0.1, 0.15) is 28.8 Å². The van der Waals surface area contributed by atoms with Gasteiger partial charge in [-0.15, -0.1) is 11.3 Å². The van der Waals surface area contributed by atoms with E-state index in [1.807, 2.05) is 29.6 Å². The summed E-state index contributed by atoms with van der Waals surface area (Å²) in [4.78, 5) is 24.4. The van der Waals surface area contributed by atoms with E-state index in [2.05, 4.69) is 10.5 Å². The molecule has 0 fully saturated rings. The average molecular weight is 396 g/mol. The van der Waals surface area contributed by atoms with E-state index in [0.29, 0.717) is 17.1 Å². The van der Waals surface area contributed by atoms with Gasteiger partial charge in [-0.3, -0.25) is 9.59 Å². The number of thiophene rings is 1. The second-order valence-electron chi connectivity index (χ2n) is 5.97. The number of carbonyl (C=O) groups excluding carboxylic acids is 2. The highest BCUT2D eigenvalue weighted by atomic mass is 32.1. The van der Waals surface area contributed by atoms with Crippen LogP contribution in [0.25, 0.3) is 10.1 Å². The number of methoxy groups -OCH3 is 2. The molecule has 0 spiro atoms. The Kier molecular flexibility index (Phi) is 6.39. The van der Waals surface area contributed by atoms with E-state index < -0.39 is 0 Å². The molecule has 1 heterocycles. The summed E-state index contributed by atoms with van der Waals surface area (Å²) in [5.74, 6) is 0.521. The van der Waals surface area contributed by atoms with E-state index in [1.54, 1.807) is 42.9 Å². The SMILES string of the molecule is COc1ccc(C(=O)CCC(=O)N/N=C/c2csc3ccccc23)c(OC)c1. The predicted octanol–water partition coefficient (Wildman–Crippen LogP) is 4.03. The number of amides is 1. The van der Waals surface area contributed by atoms with E-state index in [0.717, 1.165) is 15.6 Å². The number of Topliss-reactive ketones (excluding diaryl/α,β-unsaturated/α-hetero) is 1. The molecule has 0 unspecified atom stereocenters. The first kappa shape index (κ1) is 19.6. The summed E-state index contributed by atoms with van der Waals surface area (Å²) in [5, 5.41) is 7.08. The molecule has 3 aromatic rings. The summed E-state index contributed by atoms with van der Waals surface area (Å²) in [6, 6.07) is 13.0. The molecular weight excluding hydrogens is 376 g/mol. The van der Waals surface area contributed by atoms with Gasteiger partial charge >= 0.3 is 0 Å². The van der Waals surface area contributed by atoms with Crippen molar-refractivity contribution in [2.75, 3.05) is 14.2 Å². The second kappa shape index (κ2) is 9.14. The fourth-order valence-corrected chi connectivity index (χ4v) is 3.63. The van der Waals surface area contributed by atoms with Crippen molar-refractivity contribution in [3.05, 3.63) is 59.0 Å². The van der Waals surface area contributed by atoms with Crippen LogP contribution in [0.5, 0.6) is 11.5 Å². The van der Waals surface area contributed by atoms with Crippen LogP contribution in [-0.4, -0.2) is 32.1 Å². The Hall–Kier alpha value is -3.19. The molecule has 6 nitrogen and oxygen atoms in total. The Morgan fingerprint density at radius 1 is 1.11 bits per heavy atom. The van der Waals surface area contributed by atoms with Crippen LogP contribution in [0.4, 0.5) is 0 Å². The maximum Gasteiger partial charge on any atom is 0.240 e. The number of benzene rings is 2. The van der Waals surface area contributed by atoms with Gasteiger partial charge in [0.05, 0.1) is 26.0 Å². The molecule has 28 heavy (non-hydrogen) atoms. The Morgan fingerprint density at radius 2 is 1.93 bits per heavy atom. The molecule has 1 amide bonds. The van der Waals surface area contributed by atoms with Crippen LogP contribution in [0.2, 0.25) is 0 Å². The highest BCUT2D eigenvalue weighted by Crippen LogP contribution is 2.26. The van der Waals surface area contributed by atoms with Gasteiger partial charge in [0.1, 0.15) is 11.5 Å². The largest absolute Gasteiger partial charge is 0.497 e. The van der Waals surface area contributed by atoms with E-state index in [1.165, 1.54) is 7.11 Å². The zero-order chi connectivity index (χ0) is 19.9. The topological polar surface area (TPSA) is 77.0 Å². The number of nitrogens with one attached hydrogen (secondary N) is 1. The molecule has 1 aromatic heterocycles. The highest BCUT2D eigenvalue weighted by Gasteiger charge is 2.14. The third-order valence-electron chi connectivity index (χ3n) is 4.19. The fraction of sp³-hybridized carbons (Fsp3) is 0.190. The van der Waals surface area contributed by atoms with Crippen molar-refractivity contribution < 1.29 is 19.1 Å². The Labute approximate surface area is 166 Å². The normalized spacial score (nSPS) is 10.9. The van der Waals surface area contributed by atoms with E-state index in [4.69, 9.17) is 9.47 Å². The number of carbonyl (C=O) groups is 2. The summed E-state index contributed by atoms with van der Waals surface area (Å²) in [6.45, 7) is 0. The monoisotopic (exact) mass is 396 g/mol. The molecule has 0 atom stereocenters. The molecule has 0 aliphatic rings. The zero-order valence-electron chi connectivity index (χ0n) is 15.6. The van der Waals surface area contributed by atoms with Gasteiger partial charge in [0.25, 0.3) is 0 Å². The van der Waals surface area contributed by atoms with Gasteiger partial charge in [-0.2, -0.15) is 5.10 Å². The molecule has 3 rings (SSSR count). The van der Waals surface area contributed by atoms with Gasteiger partial charge in [-0.1, -0.05) is 18.2 Å². The lowest BCUT2D eigenvalue weighted by atomic mass is 10.1. The van der Waals surface area contributed by atoms with E-state index in [9.17, 15) is 9.59 Å². The van der Waals surface area contributed by atoms with Crippen molar-refractivity contribution in [1.29, 1.82) is 0 Å². The minimum absolute atomic E-state index is 0.0374. The Balaban J connectivity index is 1.55. The summed E-state index contributed by atoms with van der Waals surface area (Å²) in [7, 11) is 3.03. The van der Waals surface area contributed by atoms with Crippen molar-refractivity contribution in [3.63, 3.8) is 0 Å². The molecule has 0 saturated heterocycles. The molecule has 0 saturated carbocycles. The maximum absolute atomic E-state index is 12.4. The molecule has 1 N–H and O–H groups in total. The lowest BCUT2D eigenvalue weighted by Gasteiger charge is -2.09. The number of ketones is 1. The lowest BCUT2D eigenvalue weighted by Crippen LogP contribution is -2.18. The van der Waals surface area contributed by atoms with Crippen LogP contribution in [-0.2, 0) is 4.79 Å². The number of ether oxygens (including phenoxy) is 2. The molecule has 0 aliphatic carbocycles. The molecule has 0 bridgehead atoms. The zero-order valence-corrected chi connectivity index (χ0v) is 16.4. The molecule has 7 heteroatoms. The van der Waals surface area contributed by atoms with Crippen molar-refractivity contribution in [2.45, 2.75) is 12.8 Å². The van der Waals surface area contributed by atoms with Gasteiger partial charge in [0, 0.05) is 39.9 Å². The van der Waals surface area contributed by atoms with Crippen molar-refractivity contribution in [1.82, 2.24) is 5.43 Å². The summed E-state index contributed by atoms with van der Waals surface area (Å²) >= 11 is 1.62. The summed E-state index contributed by atoms with van der Waals surface area (Å²) < 4.78 is 11.5. The molecule has 0 radical (unpaired) electrons. The fourth-order valence-electron chi connectivity index (χ4n) is 2.72. The second-order valence-corrected chi connectivity index (χ2v) is 6.88. The minimum atomic E-state index is -0.323. The van der Waals surface area contributed by atoms with E-state index in [-0.39, 0.29) is 24.5 Å². The number of fused-ring (bicyclic) bond motifs is 1. The summed E-state index contributed by atoms with van der Waals surface area (Å²) in [6.07, 6.45) is 1.71. The van der Waals surface area contributed by atoms with Crippen molar-refractivity contribution >= 4 is 39.3 Å². The van der Waals surface area contributed by atoms with Crippen molar-refractivity contribution in [3.8, 4) is 11.5 Å². The average Bonchev–Trinajstić information content (AvgIpc) is 3.14. The van der Waals surface area contributed by atoms with Gasteiger partial charge in [-0.25, -0.2) is 5.43 Å². The molecular formula is C21H20N2O4S. The minimum Gasteiger partial charge on any atom is -0.497 e. The van der Waals surface area contributed by atoms with Gasteiger partial charge in [0.15, 0.2) is 5.78 Å². The first-order valence-electron chi connectivity index (χ1n) is 8.65. The lowest BCUT2D eigenvalue weighted by molar-refractivity contribution is -0.121. The molecule has 2 aromatic carbocycles. The number of nitrogens with zero attached hydrogens (tertiary/aromatic N) is 1. The quantitative estimate of drug-likeness (QED) is 0.354. The van der Waals surface area contributed by atoms with E-state index >= 15 is 0 Å². The van der Waals surface area contributed by atoms with Crippen LogP contribution in [0.3, 0.4) is 0 Å². The number of hydrazone groups is 1. The Bertz CT molecular complexity index is 1030. The third-order valence-corrected chi connectivity index (χ3v) is 5.17. The van der Waals surface area contributed by atoms with Crippen LogP contribution in [0.15, 0.2) is 52.9 Å². The maximum atomic E-state index is 12.4. The van der Waals surface area contributed by atoms with Gasteiger partial charge in [-0.05, 0) is 18.2 Å². The Morgan fingerprint density at radius 3 is 2.71 bits per heavy atom. The highest BCUT2D eigenvalue weighted by molar-refractivity contribution is 7.17.